The minimum Gasteiger partial charge on any atom is -0.444 e. The molecule has 0 fully saturated rings. The Hall–Kier alpha value is -2.18. The minimum absolute atomic E-state index is 0.119. The van der Waals surface area contributed by atoms with Crippen molar-refractivity contribution in [3.8, 4) is 10.7 Å². The van der Waals surface area contributed by atoms with Gasteiger partial charge >= 0.3 is 12.0 Å². The van der Waals surface area contributed by atoms with Gasteiger partial charge in [-0.05, 0) is 39.2 Å². The molecule has 0 saturated heterocycles. The molecule has 9 nitrogen and oxygen atoms in total. The van der Waals surface area contributed by atoms with Gasteiger partial charge in [0.15, 0.2) is 5.69 Å². The molecule has 3 amide bonds. The number of alkyl carbamates (subject to hydrolysis) is 1. The van der Waals surface area contributed by atoms with Gasteiger partial charge in [-0.2, -0.15) is 16.7 Å². The summed E-state index contributed by atoms with van der Waals surface area (Å²) in [5.41, 5.74) is 0.685. The van der Waals surface area contributed by atoms with Gasteiger partial charge in [0.25, 0.3) is 10.7 Å². The molecule has 0 unspecified atom stereocenters. The van der Waals surface area contributed by atoms with Crippen LogP contribution in [0.4, 0.5) is 4.79 Å². The number of carbonyl (C=O) groups excluding carboxylic acids is 3. The molecule has 2 rings (SSSR count). The summed E-state index contributed by atoms with van der Waals surface area (Å²) in [5.74, 6) is 0.598. The maximum absolute atomic E-state index is 12.2. The Balaban J connectivity index is 1.74. The van der Waals surface area contributed by atoms with E-state index >= 15 is 0 Å². The van der Waals surface area contributed by atoms with Crippen molar-refractivity contribution < 1.29 is 24.1 Å². The Bertz CT molecular complexity index is 907. The lowest BCUT2D eigenvalue weighted by Crippen LogP contribution is -2.40. The maximum atomic E-state index is 12.2. The molecular formula is C20H30N5O4S3+. The smallest absolute Gasteiger partial charge is 0.408 e. The average Bonchev–Trinajstić information content (AvgIpc) is 3.38. The van der Waals surface area contributed by atoms with Crippen molar-refractivity contribution in [3.05, 3.63) is 21.5 Å². The summed E-state index contributed by atoms with van der Waals surface area (Å²) in [6.45, 7) is 6.17. The van der Waals surface area contributed by atoms with Crippen LogP contribution in [-0.4, -0.2) is 60.1 Å². The molecule has 0 bridgehead atoms. The molecule has 0 aliphatic rings. The second-order valence-corrected chi connectivity index (χ2v) is 10.6. The molecule has 2 aromatic heterocycles. The Morgan fingerprint density at radius 2 is 1.91 bits per heavy atom. The Morgan fingerprint density at radius 3 is 2.62 bits per heavy atom. The fraction of sp³-hybridized carbons (Fsp3) is 0.550. The topological polar surface area (TPSA) is 124 Å². The number of carbonyl (C=O) groups is 3. The highest BCUT2D eigenvalue weighted by molar-refractivity contribution is 7.98. The molecule has 0 radical (unpaired) electrons. The molecular weight excluding hydrogens is 470 g/mol. The van der Waals surface area contributed by atoms with Crippen LogP contribution in [0.15, 0.2) is 10.8 Å². The van der Waals surface area contributed by atoms with Gasteiger partial charge in [0.1, 0.15) is 5.60 Å². The zero-order valence-corrected chi connectivity index (χ0v) is 21.2. The molecule has 2 heterocycles. The van der Waals surface area contributed by atoms with Crippen LogP contribution in [0.1, 0.15) is 42.7 Å². The Morgan fingerprint density at radius 1 is 1.12 bits per heavy atom. The van der Waals surface area contributed by atoms with Crippen molar-refractivity contribution in [2.24, 2.45) is 0 Å². The third-order valence-electron chi connectivity index (χ3n) is 3.84. The number of nitrogens with one attached hydrogen (secondary N) is 4. The third-order valence-corrected chi connectivity index (χ3v) is 6.34. The number of rotatable bonds is 11. The number of H-pyrrole nitrogens is 1. The molecule has 0 aliphatic heterocycles. The first kappa shape index (κ1) is 26.1. The van der Waals surface area contributed by atoms with Crippen molar-refractivity contribution in [2.45, 2.75) is 39.2 Å². The van der Waals surface area contributed by atoms with E-state index in [0.717, 1.165) is 27.9 Å². The first-order valence-corrected chi connectivity index (χ1v) is 13.3. The summed E-state index contributed by atoms with van der Waals surface area (Å²) >= 11 is 4.68. The number of nitrogens with zero attached hydrogens (tertiary/aromatic N) is 1. The highest BCUT2D eigenvalue weighted by Gasteiger charge is 2.20. The van der Waals surface area contributed by atoms with Gasteiger partial charge in [-0.25, -0.2) is 9.78 Å². The van der Waals surface area contributed by atoms with Gasteiger partial charge in [-0.3, -0.25) is 9.59 Å². The average molecular weight is 501 g/mol. The minimum atomic E-state index is -0.627. The van der Waals surface area contributed by atoms with Crippen LogP contribution >= 0.6 is 34.4 Å². The van der Waals surface area contributed by atoms with Crippen LogP contribution in [-0.2, 0) is 16.0 Å². The largest absolute Gasteiger partial charge is 0.444 e. The molecule has 2 aromatic rings. The predicted molar refractivity (Wildman–Crippen MR) is 128 cm³/mol. The van der Waals surface area contributed by atoms with Gasteiger partial charge in [0.05, 0.1) is 16.9 Å². The summed E-state index contributed by atoms with van der Waals surface area (Å²) in [5, 5.41) is 13.5. The van der Waals surface area contributed by atoms with Crippen molar-refractivity contribution in [1.82, 2.24) is 20.9 Å². The third kappa shape index (κ3) is 9.53. The lowest BCUT2D eigenvalue weighted by atomic mass is 10.2. The Kier molecular flexibility index (Phi) is 10.4. The summed E-state index contributed by atoms with van der Waals surface area (Å²) in [4.78, 5) is 43.3. The Labute approximate surface area is 200 Å². The van der Waals surface area contributed by atoms with Gasteiger partial charge in [0, 0.05) is 24.9 Å². The molecule has 0 aromatic carbocycles. The van der Waals surface area contributed by atoms with Crippen molar-refractivity contribution in [1.29, 1.82) is 0 Å². The number of hydrogen-bond donors (Lipinski definition) is 3. The van der Waals surface area contributed by atoms with E-state index in [1.165, 1.54) is 22.7 Å². The normalized spacial score (nSPS) is 11.1. The number of thiazole rings is 2. The van der Waals surface area contributed by atoms with E-state index in [0.29, 0.717) is 25.2 Å². The summed E-state index contributed by atoms with van der Waals surface area (Å²) in [7, 11) is 0. The van der Waals surface area contributed by atoms with Gasteiger partial charge < -0.3 is 20.7 Å². The summed E-state index contributed by atoms with van der Waals surface area (Å²) < 4.78 is 5.09. The monoisotopic (exact) mass is 500 g/mol. The number of amides is 3. The molecule has 0 atom stereocenters. The van der Waals surface area contributed by atoms with E-state index in [4.69, 9.17) is 4.74 Å². The molecule has 0 spiro atoms. The molecule has 176 valence electrons. The number of hydrogen-bond acceptors (Lipinski definition) is 8. The van der Waals surface area contributed by atoms with Crippen LogP contribution in [0.25, 0.3) is 10.7 Å². The van der Waals surface area contributed by atoms with Gasteiger partial charge in [0.2, 0.25) is 5.91 Å². The summed E-state index contributed by atoms with van der Waals surface area (Å²) in [6, 6.07) is 0. The van der Waals surface area contributed by atoms with Crippen molar-refractivity contribution in [2.75, 3.05) is 31.6 Å². The predicted octanol–water partition coefficient (Wildman–Crippen LogP) is 2.35. The van der Waals surface area contributed by atoms with E-state index in [2.05, 4.69) is 25.9 Å². The number of ether oxygens (including phenoxy) is 1. The standard InChI is InChI=1S/C20H29N5O4S3/c1-20(2,3)29-19(28)23-10-15(26)21-8-6-16-24-14(12-31-16)18-25-13(11-32-18)17(27)22-7-5-9-30-4/h11-12H,5-10H2,1-4H3,(H,21,26)(H,22,27)(H,23,28)/p+1. The van der Waals surface area contributed by atoms with E-state index < -0.39 is 11.7 Å². The highest BCUT2D eigenvalue weighted by atomic mass is 32.2. The maximum Gasteiger partial charge on any atom is 0.408 e. The second kappa shape index (κ2) is 12.8. The zero-order valence-electron chi connectivity index (χ0n) is 18.7. The lowest BCUT2D eigenvalue weighted by Gasteiger charge is -2.19. The van der Waals surface area contributed by atoms with Crippen LogP contribution < -0.4 is 20.9 Å². The second-order valence-electron chi connectivity index (χ2n) is 7.79. The van der Waals surface area contributed by atoms with Crippen molar-refractivity contribution in [3.63, 3.8) is 0 Å². The van der Waals surface area contributed by atoms with Crippen LogP contribution in [0, 0.1) is 0 Å². The molecule has 12 heteroatoms. The van der Waals surface area contributed by atoms with Crippen LogP contribution in [0.5, 0.6) is 0 Å². The van der Waals surface area contributed by atoms with E-state index in [1.807, 2.05) is 11.6 Å². The van der Waals surface area contributed by atoms with Crippen molar-refractivity contribution >= 4 is 52.3 Å². The van der Waals surface area contributed by atoms with E-state index in [1.54, 1.807) is 37.9 Å². The molecule has 0 saturated carbocycles. The first-order valence-electron chi connectivity index (χ1n) is 10.1. The van der Waals surface area contributed by atoms with Crippen LogP contribution in [0.3, 0.4) is 0 Å². The fourth-order valence-electron chi connectivity index (χ4n) is 2.42. The van der Waals surface area contributed by atoms with Gasteiger partial charge in [-0.15, -0.1) is 11.3 Å². The fourth-order valence-corrected chi connectivity index (χ4v) is 4.51. The molecule has 32 heavy (non-hydrogen) atoms. The summed E-state index contributed by atoms with van der Waals surface area (Å²) in [6.07, 6.45) is 2.92. The quantitative estimate of drug-likeness (QED) is 0.407. The number of thioether (sulfide) groups is 1. The number of aromatic amines is 1. The highest BCUT2D eigenvalue weighted by Crippen LogP contribution is 2.22. The van der Waals surface area contributed by atoms with E-state index in [9.17, 15) is 14.4 Å². The first-order chi connectivity index (χ1) is 15.2. The molecule has 4 N–H and O–H groups in total. The molecule has 0 aliphatic carbocycles. The SMILES string of the molecule is CSCCCNC(=O)c1csc(-c2csc(CCNC(=O)CNC(=O)OC(C)(C)C)n2)[nH+]1. The zero-order chi connectivity index (χ0) is 23.6. The van der Waals surface area contributed by atoms with Crippen LogP contribution in [0.2, 0.25) is 0 Å². The van der Waals surface area contributed by atoms with E-state index in [-0.39, 0.29) is 18.4 Å². The lowest BCUT2D eigenvalue weighted by molar-refractivity contribution is -0.362. The van der Waals surface area contributed by atoms with Gasteiger partial charge in [-0.1, -0.05) is 11.3 Å². The number of aromatic nitrogens is 2.